The molecule has 4 aromatic rings. The predicted octanol–water partition coefficient (Wildman–Crippen LogP) is 5.93. The van der Waals surface area contributed by atoms with Gasteiger partial charge in [0.05, 0.1) is 0 Å². The maximum atomic E-state index is 11.8. The first-order chi connectivity index (χ1) is 10.8. The van der Waals surface area contributed by atoms with Gasteiger partial charge in [-0.1, -0.05) is 36.4 Å². The van der Waals surface area contributed by atoms with Gasteiger partial charge in [-0.05, 0) is 37.3 Å². The summed E-state index contributed by atoms with van der Waals surface area (Å²) < 4.78 is 2.62. The fraction of sp³-hybridized carbons (Fsp3) is 0.0500. The van der Waals surface area contributed by atoms with E-state index in [1.165, 1.54) is 25.1 Å². The van der Waals surface area contributed by atoms with Crippen molar-refractivity contribution in [2.24, 2.45) is 0 Å². The van der Waals surface area contributed by atoms with Gasteiger partial charge in [-0.15, -0.1) is 0 Å². The Labute approximate surface area is 131 Å². The lowest BCUT2D eigenvalue weighted by molar-refractivity contribution is 0.101. The molecule has 0 fully saturated rings. The van der Waals surface area contributed by atoms with Gasteiger partial charge in [0.2, 0.25) is 0 Å². The van der Waals surface area contributed by atoms with Crippen molar-refractivity contribution in [2.75, 3.05) is 0 Å². The second-order valence-electron chi connectivity index (χ2n) is 5.38. The molecule has 0 radical (unpaired) electrons. The van der Waals surface area contributed by atoms with E-state index in [1.807, 2.05) is 12.1 Å². The molecule has 0 aliphatic carbocycles. The number of hydrogen-bond donors (Lipinski definition) is 0. The standard InChI is InChI=1S/C20H15OS/c1-14(21)15-11-12-18-17-9-5-6-10-19(17)22(20(18)13-15)16-7-3-2-4-8-16/h2-13H,1H3/q+1. The minimum atomic E-state index is -0.120. The topological polar surface area (TPSA) is 17.1 Å². The van der Waals surface area contributed by atoms with Crippen molar-refractivity contribution in [1.82, 2.24) is 0 Å². The number of rotatable bonds is 2. The number of benzene rings is 3. The summed E-state index contributed by atoms with van der Waals surface area (Å²) in [5.41, 5.74) is 0.792. The van der Waals surface area contributed by atoms with E-state index in [0.717, 1.165) is 5.56 Å². The minimum Gasteiger partial charge on any atom is -0.295 e. The van der Waals surface area contributed by atoms with Crippen LogP contribution in [-0.4, -0.2) is 5.78 Å². The zero-order valence-corrected chi connectivity index (χ0v) is 13.1. The Morgan fingerprint density at radius 1 is 0.773 bits per heavy atom. The lowest BCUT2D eigenvalue weighted by Gasteiger charge is -1.95. The van der Waals surface area contributed by atoms with Gasteiger partial charge in [0.25, 0.3) is 0 Å². The van der Waals surface area contributed by atoms with E-state index in [9.17, 15) is 4.79 Å². The van der Waals surface area contributed by atoms with Gasteiger partial charge in [0.1, 0.15) is 0 Å². The Morgan fingerprint density at radius 2 is 1.45 bits per heavy atom. The molecule has 3 aromatic carbocycles. The Morgan fingerprint density at radius 3 is 2.23 bits per heavy atom. The quantitative estimate of drug-likeness (QED) is 0.331. The first-order valence-corrected chi connectivity index (χ1v) is 8.52. The van der Waals surface area contributed by atoms with Crippen LogP contribution in [0.4, 0.5) is 0 Å². The molecule has 0 N–H and O–H groups in total. The highest BCUT2D eigenvalue weighted by Crippen LogP contribution is 2.48. The SMILES string of the molecule is CC(=O)c1ccc2c3ccccc3[s+](-c3ccccc3)c2c1. The number of Topliss-reactive ketones (excluding diaryl/α,β-unsaturated/α-hetero) is 1. The summed E-state index contributed by atoms with van der Waals surface area (Å²) in [6, 6.07) is 25.2. The van der Waals surface area contributed by atoms with Crippen molar-refractivity contribution in [3.05, 3.63) is 78.4 Å². The highest BCUT2D eigenvalue weighted by molar-refractivity contribution is 7.50. The maximum absolute atomic E-state index is 11.8. The summed E-state index contributed by atoms with van der Waals surface area (Å²) in [7, 11) is -0.120. The van der Waals surface area contributed by atoms with Gasteiger partial charge in [-0.25, -0.2) is 0 Å². The molecule has 2 heteroatoms. The highest BCUT2D eigenvalue weighted by atomic mass is 32.2. The van der Waals surface area contributed by atoms with Gasteiger partial charge in [-0.2, -0.15) is 0 Å². The largest absolute Gasteiger partial charge is 0.295 e. The lowest BCUT2D eigenvalue weighted by atomic mass is 10.1. The van der Waals surface area contributed by atoms with Crippen molar-refractivity contribution in [3.8, 4) is 4.90 Å². The van der Waals surface area contributed by atoms with Crippen molar-refractivity contribution in [3.63, 3.8) is 0 Å². The summed E-state index contributed by atoms with van der Waals surface area (Å²) in [5.74, 6) is 0.121. The third kappa shape index (κ3) is 1.96. The molecule has 1 nitrogen and oxygen atoms in total. The molecular weight excluding hydrogens is 288 g/mol. The smallest absolute Gasteiger partial charge is 0.188 e. The van der Waals surface area contributed by atoms with Gasteiger partial charge < -0.3 is 0 Å². The number of ketones is 1. The highest BCUT2D eigenvalue weighted by Gasteiger charge is 2.23. The van der Waals surface area contributed by atoms with Crippen LogP contribution in [0.15, 0.2) is 72.8 Å². The van der Waals surface area contributed by atoms with E-state index in [2.05, 4.69) is 60.7 Å². The molecule has 1 unspecified atom stereocenters. The summed E-state index contributed by atoms with van der Waals surface area (Å²) in [6.45, 7) is 1.63. The number of carbonyl (C=O) groups excluding carboxylic acids is 1. The average Bonchev–Trinajstić information content (AvgIpc) is 2.89. The third-order valence-corrected chi connectivity index (χ3v) is 6.30. The van der Waals surface area contributed by atoms with Gasteiger partial charge in [0.15, 0.2) is 20.1 Å². The summed E-state index contributed by atoms with van der Waals surface area (Å²) in [6.07, 6.45) is 0. The van der Waals surface area contributed by atoms with E-state index >= 15 is 0 Å². The Balaban J connectivity index is 2.19. The van der Waals surface area contributed by atoms with Crippen molar-refractivity contribution >= 4 is 36.4 Å². The zero-order chi connectivity index (χ0) is 15.1. The van der Waals surface area contributed by atoms with E-state index < -0.39 is 0 Å². The fourth-order valence-corrected chi connectivity index (χ4v) is 5.36. The van der Waals surface area contributed by atoms with Crippen molar-refractivity contribution in [1.29, 1.82) is 0 Å². The molecule has 0 saturated heterocycles. The van der Waals surface area contributed by atoms with Crippen molar-refractivity contribution < 1.29 is 4.79 Å². The summed E-state index contributed by atoms with van der Waals surface area (Å²) >= 11 is 0. The average molecular weight is 303 g/mol. The van der Waals surface area contributed by atoms with Gasteiger partial charge >= 0.3 is 0 Å². The molecule has 4 rings (SSSR count). The molecule has 0 saturated carbocycles. The second kappa shape index (κ2) is 5.08. The molecular formula is C20H15OS+. The van der Waals surface area contributed by atoms with Crippen molar-refractivity contribution in [2.45, 2.75) is 6.92 Å². The number of thiophene rings is 1. The minimum absolute atomic E-state index is 0.120. The second-order valence-corrected chi connectivity index (χ2v) is 7.35. The van der Waals surface area contributed by atoms with Crippen LogP contribution in [0.2, 0.25) is 0 Å². The van der Waals surface area contributed by atoms with Gasteiger partial charge in [0, 0.05) is 32.9 Å². The van der Waals surface area contributed by atoms with Crippen LogP contribution in [-0.2, 0) is 0 Å². The van der Waals surface area contributed by atoms with E-state index in [0.29, 0.717) is 0 Å². The molecule has 1 aromatic heterocycles. The van der Waals surface area contributed by atoms with Crippen LogP contribution in [0.1, 0.15) is 17.3 Å². The van der Waals surface area contributed by atoms with Gasteiger partial charge in [-0.3, -0.25) is 4.79 Å². The third-order valence-electron chi connectivity index (χ3n) is 3.98. The van der Waals surface area contributed by atoms with E-state index in [4.69, 9.17) is 0 Å². The number of carbonyl (C=O) groups is 1. The Hall–Kier alpha value is -2.45. The van der Waals surface area contributed by atoms with Crippen LogP contribution >= 0.6 is 10.5 Å². The molecule has 1 heterocycles. The van der Waals surface area contributed by atoms with E-state index in [-0.39, 0.29) is 16.3 Å². The zero-order valence-electron chi connectivity index (χ0n) is 12.2. The Kier molecular flexibility index (Phi) is 3.05. The predicted molar refractivity (Wildman–Crippen MR) is 95.3 cm³/mol. The molecule has 0 spiro atoms. The van der Waals surface area contributed by atoms with Crippen LogP contribution in [0, 0.1) is 0 Å². The molecule has 0 aliphatic heterocycles. The molecule has 0 aliphatic rings. The van der Waals surface area contributed by atoms with Crippen LogP contribution in [0.5, 0.6) is 0 Å². The summed E-state index contributed by atoms with van der Waals surface area (Å²) in [5, 5.41) is 2.55. The molecule has 0 amide bonds. The number of hydrogen-bond acceptors (Lipinski definition) is 1. The monoisotopic (exact) mass is 303 g/mol. The van der Waals surface area contributed by atoms with E-state index in [1.54, 1.807) is 6.92 Å². The lowest BCUT2D eigenvalue weighted by Crippen LogP contribution is -1.89. The van der Waals surface area contributed by atoms with Crippen LogP contribution in [0.25, 0.3) is 25.1 Å². The normalized spacial score (nSPS) is 12.0. The molecule has 22 heavy (non-hydrogen) atoms. The fourth-order valence-electron chi connectivity index (χ4n) is 2.93. The first kappa shape index (κ1) is 13.2. The number of fused-ring (bicyclic) bond motifs is 3. The molecule has 106 valence electrons. The molecule has 0 bridgehead atoms. The van der Waals surface area contributed by atoms with Crippen LogP contribution < -0.4 is 0 Å². The van der Waals surface area contributed by atoms with Crippen LogP contribution in [0.3, 0.4) is 0 Å². The first-order valence-electron chi connectivity index (χ1n) is 7.29. The Bertz CT molecular complexity index is 996. The summed E-state index contributed by atoms with van der Waals surface area (Å²) in [4.78, 5) is 13.1. The molecule has 1 atom stereocenters. The maximum Gasteiger partial charge on any atom is 0.188 e.